The van der Waals surface area contributed by atoms with Crippen molar-refractivity contribution in [2.75, 3.05) is 19.8 Å². The van der Waals surface area contributed by atoms with E-state index >= 15 is 0 Å². The third kappa shape index (κ3) is 10.0. The molecule has 252 valence electrons. The van der Waals surface area contributed by atoms with Gasteiger partial charge in [-0.3, -0.25) is 4.79 Å². The minimum absolute atomic E-state index is 0.00809. The first-order valence-electron chi connectivity index (χ1n) is 17.5. The standard InChI is InChI=1S/C38H52O8/c1-2-3-5-14-30(46-38-16-8-9-20-43-38)17-18-31-32-22-28-13-10-15-35(33(28)23-29(32)24-34(31)39)44-26-37(41)42-21-19-36(40)45-25-27-11-6-4-7-12-27/h4,6-7,10-13,15,29-32,34,38-39H,2-3,5,8-9,14,16-26H2,1H3/t29-,30-,31+,32-,34+,38?/m0/s1. The van der Waals surface area contributed by atoms with Crippen LogP contribution in [0.15, 0.2) is 48.5 Å². The van der Waals surface area contributed by atoms with E-state index in [0.717, 1.165) is 81.9 Å². The van der Waals surface area contributed by atoms with E-state index in [2.05, 4.69) is 13.0 Å². The molecule has 8 nitrogen and oxygen atoms in total. The fraction of sp³-hybridized carbons (Fsp3) is 0.632. The van der Waals surface area contributed by atoms with Gasteiger partial charge in [0.15, 0.2) is 12.9 Å². The maximum Gasteiger partial charge on any atom is 0.344 e. The van der Waals surface area contributed by atoms with Crippen molar-refractivity contribution in [3.05, 3.63) is 65.2 Å². The highest BCUT2D eigenvalue weighted by molar-refractivity contribution is 5.73. The number of ether oxygens (including phenoxy) is 5. The highest BCUT2D eigenvalue weighted by atomic mass is 16.7. The number of carbonyl (C=O) groups excluding carboxylic acids is 2. The molecule has 1 unspecified atom stereocenters. The maximum absolute atomic E-state index is 12.4. The predicted molar refractivity (Wildman–Crippen MR) is 174 cm³/mol. The molecular weight excluding hydrogens is 584 g/mol. The zero-order valence-electron chi connectivity index (χ0n) is 27.4. The van der Waals surface area contributed by atoms with Crippen LogP contribution in [0.2, 0.25) is 0 Å². The summed E-state index contributed by atoms with van der Waals surface area (Å²) in [7, 11) is 0. The molecule has 0 spiro atoms. The lowest BCUT2D eigenvalue weighted by Gasteiger charge is -2.33. The van der Waals surface area contributed by atoms with Crippen LogP contribution in [-0.2, 0) is 48.0 Å². The van der Waals surface area contributed by atoms with Crippen molar-refractivity contribution in [2.24, 2.45) is 17.8 Å². The molecule has 1 N–H and O–H groups in total. The summed E-state index contributed by atoms with van der Waals surface area (Å²) in [6.45, 7) is 2.94. The Kier molecular flexibility index (Phi) is 13.3. The van der Waals surface area contributed by atoms with Crippen molar-refractivity contribution in [2.45, 2.75) is 115 Å². The lowest BCUT2D eigenvalue weighted by atomic mass is 9.73. The molecule has 6 atom stereocenters. The number of rotatable bonds is 17. The molecule has 2 aliphatic carbocycles. The van der Waals surface area contributed by atoms with Crippen LogP contribution in [0, 0.1) is 17.8 Å². The average molecular weight is 637 g/mol. The first kappa shape index (κ1) is 34.4. The summed E-state index contributed by atoms with van der Waals surface area (Å²) in [5.74, 6) is 0.817. The molecule has 1 heterocycles. The Hall–Kier alpha value is -2.94. The maximum atomic E-state index is 12.4. The van der Waals surface area contributed by atoms with Crippen LogP contribution in [0.1, 0.15) is 94.2 Å². The Morgan fingerprint density at radius 1 is 0.978 bits per heavy atom. The van der Waals surface area contributed by atoms with E-state index in [4.69, 9.17) is 23.7 Å². The molecule has 1 aliphatic heterocycles. The van der Waals surface area contributed by atoms with Crippen LogP contribution < -0.4 is 4.74 Å². The highest BCUT2D eigenvalue weighted by Gasteiger charge is 2.45. The van der Waals surface area contributed by atoms with Gasteiger partial charge in [0.05, 0.1) is 18.6 Å². The van der Waals surface area contributed by atoms with Crippen LogP contribution >= 0.6 is 0 Å². The van der Waals surface area contributed by atoms with Gasteiger partial charge < -0.3 is 28.8 Å². The van der Waals surface area contributed by atoms with Gasteiger partial charge >= 0.3 is 11.9 Å². The molecule has 2 aromatic rings. The van der Waals surface area contributed by atoms with Crippen LogP contribution in [0.4, 0.5) is 0 Å². The fourth-order valence-corrected chi connectivity index (χ4v) is 7.49. The largest absolute Gasteiger partial charge is 0.482 e. The molecule has 1 saturated heterocycles. The molecule has 46 heavy (non-hydrogen) atoms. The van der Waals surface area contributed by atoms with E-state index in [9.17, 15) is 14.7 Å². The molecule has 1 saturated carbocycles. The molecule has 0 aromatic heterocycles. The molecule has 0 amide bonds. The van der Waals surface area contributed by atoms with Gasteiger partial charge in [-0.25, -0.2) is 4.79 Å². The van der Waals surface area contributed by atoms with Gasteiger partial charge in [-0.15, -0.1) is 0 Å². The normalized spacial score (nSPS) is 24.4. The average Bonchev–Trinajstić information content (AvgIpc) is 3.38. The van der Waals surface area contributed by atoms with E-state index in [1.54, 1.807) is 0 Å². The van der Waals surface area contributed by atoms with E-state index < -0.39 is 11.9 Å². The third-order valence-electron chi connectivity index (χ3n) is 9.94. The van der Waals surface area contributed by atoms with Crippen LogP contribution in [0.3, 0.4) is 0 Å². The number of benzene rings is 2. The number of aliphatic hydroxyl groups is 1. The first-order chi connectivity index (χ1) is 22.5. The third-order valence-corrected chi connectivity index (χ3v) is 9.94. The van der Waals surface area contributed by atoms with Crippen molar-refractivity contribution in [1.29, 1.82) is 0 Å². The Morgan fingerprint density at radius 2 is 1.85 bits per heavy atom. The smallest absolute Gasteiger partial charge is 0.344 e. The Bertz CT molecular complexity index is 1230. The molecule has 8 heteroatoms. The highest BCUT2D eigenvalue weighted by Crippen LogP contribution is 2.48. The van der Waals surface area contributed by atoms with Crippen LogP contribution in [0.5, 0.6) is 5.75 Å². The van der Waals surface area contributed by atoms with Crippen LogP contribution in [0.25, 0.3) is 0 Å². The van der Waals surface area contributed by atoms with Gasteiger partial charge in [-0.2, -0.15) is 0 Å². The summed E-state index contributed by atoms with van der Waals surface area (Å²) >= 11 is 0. The van der Waals surface area contributed by atoms with Gasteiger partial charge in [0.25, 0.3) is 0 Å². The van der Waals surface area contributed by atoms with Gasteiger partial charge in [0, 0.05) is 6.61 Å². The molecule has 0 bridgehead atoms. The number of hydrogen-bond acceptors (Lipinski definition) is 8. The summed E-state index contributed by atoms with van der Waals surface area (Å²) in [6.07, 6.45) is 12.1. The predicted octanol–water partition coefficient (Wildman–Crippen LogP) is 6.73. The molecule has 2 fully saturated rings. The Morgan fingerprint density at radius 3 is 2.65 bits per heavy atom. The SMILES string of the molecule is CCCCC[C@@H](CC[C@@H]1[C@H]2Cc3cccc(OCC(=O)OCCC(=O)OCc4ccccc4)c3C[C@H]2C[C@H]1O)OC1CCCCO1. The van der Waals surface area contributed by atoms with Crippen LogP contribution in [-0.4, -0.2) is 55.4 Å². The number of hydrogen-bond donors (Lipinski definition) is 1. The monoisotopic (exact) mass is 636 g/mol. The second kappa shape index (κ2) is 17.8. The van der Waals surface area contributed by atoms with Crippen molar-refractivity contribution >= 4 is 11.9 Å². The van der Waals surface area contributed by atoms with Gasteiger partial charge in [0.2, 0.25) is 0 Å². The molecule has 2 aromatic carbocycles. The number of esters is 2. The minimum atomic E-state index is -0.521. The molecule has 3 aliphatic rings. The lowest BCUT2D eigenvalue weighted by molar-refractivity contribution is -0.191. The summed E-state index contributed by atoms with van der Waals surface area (Å²) in [6, 6.07) is 15.5. The number of unbranched alkanes of at least 4 members (excludes halogenated alkanes) is 2. The summed E-state index contributed by atoms with van der Waals surface area (Å²) in [5, 5.41) is 11.2. The van der Waals surface area contributed by atoms with Crippen molar-refractivity contribution in [3.8, 4) is 5.75 Å². The van der Waals surface area contributed by atoms with Crippen molar-refractivity contribution in [1.82, 2.24) is 0 Å². The molecule has 5 rings (SSSR count). The molecular formula is C38H52O8. The zero-order valence-corrected chi connectivity index (χ0v) is 27.4. The van der Waals surface area contributed by atoms with Gasteiger partial charge in [-0.05, 0) is 98.3 Å². The van der Waals surface area contributed by atoms with E-state index in [-0.39, 0.29) is 50.7 Å². The fourth-order valence-electron chi connectivity index (χ4n) is 7.49. The first-order valence-corrected chi connectivity index (χ1v) is 17.5. The number of carbonyl (C=O) groups is 2. The minimum Gasteiger partial charge on any atom is -0.482 e. The topological polar surface area (TPSA) is 101 Å². The Labute approximate surface area is 274 Å². The number of fused-ring (bicyclic) bond motifs is 2. The summed E-state index contributed by atoms with van der Waals surface area (Å²) in [4.78, 5) is 24.4. The summed E-state index contributed by atoms with van der Waals surface area (Å²) in [5.41, 5.74) is 3.27. The quantitative estimate of drug-likeness (QED) is 0.151. The van der Waals surface area contributed by atoms with E-state index in [1.807, 2.05) is 42.5 Å². The lowest BCUT2D eigenvalue weighted by Crippen LogP contribution is -2.31. The second-order valence-corrected chi connectivity index (χ2v) is 13.2. The van der Waals surface area contributed by atoms with Crippen molar-refractivity contribution < 1.29 is 38.4 Å². The van der Waals surface area contributed by atoms with Gasteiger partial charge in [0.1, 0.15) is 19.0 Å². The number of aliphatic hydroxyl groups excluding tert-OH is 1. The molecule has 0 radical (unpaired) electrons. The second-order valence-electron chi connectivity index (χ2n) is 13.2. The zero-order chi connectivity index (χ0) is 32.1. The van der Waals surface area contributed by atoms with E-state index in [0.29, 0.717) is 17.6 Å². The summed E-state index contributed by atoms with van der Waals surface area (Å²) < 4.78 is 28.8. The van der Waals surface area contributed by atoms with Crippen molar-refractivity contribution in [3.63, 3.8) is 0 Å². The van der Waals surface area contributed by atoms with Gasteiger partial charge in [-0.1, -0.05) is 68.7 Å². The van der Waals surface area contributed by atoms with E-state index in [1.165, 1.54) is 18.4 Å². The Balaban J connectivity index is 1.08.